The Hall–Kier alpha value is -3.61. The molecule has 7 heteroatoms. The van der Waals surface area contributed by atoms with Gasteiger partial charge in [-0.25, -0.2) is 9.80 Å². The molecule has 0 fully saturated rings. The van der Waals surface area contributed by atoms with Crippen molar-refractivity contribution < 1.29 is 14.3 Å². The average molecular weight is 449 g/mol. The van der Waals surface area contributed by atoms with E-state index in [0.29, 0.717) is 23.6 Å². The van der Waals surface area contributed by atoms with Gasteiger partial charge >= 0.3 is 6.03 Å². The standard InChI is InChI=1S/C26H32N4O3/c1-7-28-12-11-17(2)19-9-8-10-20(14-19)25-22-16-24(33-6)23(32-5)15-21(22)13-18(3)30(29-25)26(31)27-4/h8-12,14-16,18H,7,13H2,1-6H3,(H,27,31)/b17-11+,28-12-. The topological polar surface area (TPSA) is 75.5 Å². The van der Waals surface area contributed by atoms with Gasteiger partial charge in [0.25, 0.3) is 0 Å². The maximum atomic E-state index is 12.7. The molecule has 0 radical (unpaired) electrons. The van der Waals surface area contributed by atoms with Gasteiger partial charge in [0, 0.05) is 30.9 Å². The van der Waals surface area contributed by atoms with Crippen molar-refractivity contribution >= 4 is 23.5 Å². The molecule has 1 N–H and O–H groups in total. The van der Waals surface area contributed by atoms with E-state index in [4.69, 9.17) is 14.6 Å². The van der Waals surface area contributed by atoms with E-state index in [9.17, 15) is 4.79 Å². The Morgan fingerprint density at radius 2 is 1.97 bits per heavy atom. The van der Waals surface area contributed by atoms with Crippen molar-refractivity contribution in [1.29, 1.82) is 0 Å². The monoisotopic (exact) mass is 448 g/mol. The van der Waals surface area contributed by atoms with E-state index in [1.165, 1.54) is 5.01 Å². The normalized spacial score (nSPS) is 16.2. The number of carbonyl (C=O) groups is 1. The number of methoxy groups -OCH3 is 2. The maximum absolute atomic E-state index is 12.7. The second kappa shape index (κ2) is 10.8. The number of rotatable bonds is 6. The molecule has 0 aromatic heterocycles. The van der Waals surface area contributed by atoms with Gasteiger partial charge in [0.2, 0.25) is 0 Å². The van der Waals surface area contributed by atoms with Gasteiger partial charge in [-0.2, -0.15) is 5.10 Å². The van der Waals surface area contributed by atoms with Gasteiger partial charge in [0.15, 0.2) is 11.5 Å². The van der Waals surface area contributed by atoms with Gasteiger partial charge in [-0.1, -0.05) is 18.2 Å². The zero-order valence-electron chi connectivity index (χ0n) is 20.2. The lowest BCUT2D eigenvalue weighted by Crippen LogP contribution is -2.41. The Balaban J connectivity index is 2.21. The highest BCUT2D eigenvalue weighted by Crippen LogP contribution is 2.35. The van der Waals surface area contributed by atoms with Crippen LogP contribution in [0.2, 0.25) is 0 Å². The predicted molar refractivity (Wildman–Crippen MR) is 134 cm³/mol. The summed E-state index contributed by atoms with van der Waals surface area (Å²) < 4.78 is 11.1. The van der Waals surface area contributed by atoms with Crippen LogP contribution in [0.4, 0.5) is 4.79 Å². The van der Waals surface area contributed by atoms with Gasteiger partial charge < -0.3 is 14.8 Å². The Morgan fingerprint density at radius 3 is 2.64 bits per heavy atom. The van der Waals surface area contributed by atoms with Crippen LogP contribution in [-0.2, 0) is 6.42 Å². The molecule has 1 atom stereocenters. The van der Waals surface area contributed by atoms with Crippen LogP contribution in [0.15, 0.2) is 52.6 Å². The van der Waals surface area contributed by atoms with Crippen molar-refractivity contribution in [3.8, 4) is 11.5 Å². The molecule has 33 heavy (non-hydrogen) atoms. The highest BCUT2D eigenvalue weighted by atomic mass is 16.5. The van der Waals surface area contributed by atoms with Crippen LogP contribution in [0.5, 0.6) is 11.5 Å². The molecule has 0 saturated heterocycles. The number of hydrazone groups is 1. The van der Waals surface area contributed by atoms with E-state index in [1.54, 1.807) is 21.3 Å². The van der Waals surface area contributed by atoms with E-state index in [0.717, 1.165) is 34.4 Å². The number of benzene rings is 2. The molecule has 0 saturated carbocycles. The van der Waals surface area contributed by atoms with Crippen LogP contribution in [-0.4, -0.2) is 56.8 Å². The molecule has 2 amide bonds. The van der Waals surface area contributed by atoms with E-state index < -0.39 is 0 Å². The third kappa shape index (κ3) is 5.25. The Bertz CT molecular complexity index is 1100. The summed E-state index contributed by atoms with van der Waals surface area (Å²) in [7, 11) is 4.85. The van der Waals surface area contributed by atoms with Crippen molar-refractivity contribution in [1.82, 2.24) is 10.3 Å². The molecule has 174 valence electrons. The number of aliphatic imine (C=N–C) groups is 1. The third-order valence-corrected chi connectivity index (χ3v) is 5.63. The molecular formula is C26H32N4O3. The van der Waals surface area contributed by atoms with E-state index in [1.807, 2.05) is 50.4 Å². The summed E-state index contributed by atoms with van der Waals surface area (Å²) in [4.78, 5) is 16.9. The Morgan fingerprint density at radius 1 is 1.24 bits per heavy atom. The van der Waals surface area contributed by atoms with Crippen molar-refractivity contribution in [2.75, 3.05) is 27.8 Å². The molecule has 7 nitrogen and oxygen atoms in total. The number of hydrogen-bond acceptors (Lipinski definition) is 5. The summed E-state index contributed by atoms with van der Waals surface area (Å²) in [5.74, 6) is 1.27. The highest BCUT2D eigenvalue weighted by Gasteiger charge is 2.28. The number of hydrogen-bond donors (Lipinski definition) is 1. The number of nitrogens with zero attached hydrogens (tertiary/aromatic N) is 3. The SMILES string of the molecule is CC/N=C\C=C(/C)c1cccc(C2=NN(C(=O)NC)C(C)Cc3cc(OC)c(OC)cc32)c1. The molecule has 0 spiro atoms. The lowest BCUT2D eigenvalue weighted by Gasteiger charge is -2.22. The fourth-order valence-corrected chi connectivity index (χ4v) is 3.83. The second-order valence-electron chi connectivity index (χ2n) is 7.84. The van der Waals surface area contributed by atoms with Crippen LogP contribution >= 0.6 is 0 Å². The first-order chi connectivity index (χ1) is 15.9. The smallest absolute Gasteiger partial charge is 0.337 e. The number of urea groups is 1. The van der Waals surface area contributed by atoms with Gasteiger partial charge in [-0.15, -0.1) is 0 Å². The van der Waals surface area contributed by atoms with E-state index >= 15 is 0 Å². The summed E-state index contributed by atoms with van der Waals surface area (Å²) in [5, 5.41) is 9.05. The summed E-state index contributed by atoms with van der Waals surface area (Å²) in [6, 6.07) is 11.7. The van der Waals surface area contributed by atoms with E-state index in [-0.39, 0.29) is 12.1 Å². The van der Waals surface area contributed by atoms with Gasteiger partial charge in [0.1, 0.15) is 0 Å². The summed E-state index contributed by atoms with van der Waals surface area (Å²) in [6.07, 6.45) is 4.45. The molecule has 1 aliphatic rings. The number of fused-ring (bicyclic) bond motifs is 1. The van der Waals surface area contributed by atoms with Gasteiger partial charge in [-0.3, -0.25) is 4.99 Å². The van der Waals surface area contributed by atoms with Crippen LogP contribution in [0.3, 0.4) is 0 Å². The molecular weight excluding hydrogens is 416 g/mol. The number of nitrogens with one attached hydrogen (secondary N) is 1. The van der Waals surface area contributed by atoms with Crippen LogP contribution in [0.25, 0.3) is 5.57 Å². The zero-order valence-corrected chi connectivity index (χ0v) is 20.2. The summed E-state index contributed by atoms with van der Waals surface area (Å²) in [5.41, 5.74) is 5.71. The molecule has 1 heterocycles. The quantitative estimate of drug-likeness (QED) is 0.660. The van der Waals surface area contributed by atoms with Crippen LogP contribution < -0.4 is 14.8 Å². The highest BCUT2D eigenvalue weighted by molar-refractivity contribution is 6.15. The maximum Gasteiger partial charge on any atom is 0.337 e. The van der Waals surface area contributed by atoms with Crippen LogP contribution in [0, 0.1) is 0 Å². The first kappa shape index (κ1) is 24.0. The average Bonchev–Trinajstić information content (AvgIpc) is 2.98. The largest absolute Gasteiger partial charge is 0.493 e. The third-order valence-electron chi connectivity index (χ3n) is 5.63. The van der Waals surface area contributed by atoms with E-state index in [2.05, 4.69) is 29.4 Å². The minimum Gasteiger partial charge on any atom is -0.493 e. The molecule has 0 bridgehead atoms. The molecule has 1 unspecified atom stereocenters. The molecule has 0 aliphatic carbocycles. The molecule has 3 rings (SSSR count). The first-order valence-corrected chi connectivity index (χ1v) is 11.1. The van der Waals surface area contributed by atoms with Crippen molar-refractivity contribution in [2.45, 2.75) is 33.2 Å². The second-order valence-corrected chi connectivity index (χ2v) is 7.84. The fourth-order valence-electron chi connectivity index (χ4n) is 3.83. The Labute approximate surface area is 195 Å². The van der Waals surface area contributed by atoms with Gasteiger partial charge in [-0.05, 0) is 68.2 Å². The lowest BCUT2D eigenvalue weighted by molar-refractivity contribution is 0.184. The summed E-state index contributed by atoms with van der Waals surface area (Å²) in [6.45, 7) is 6.79. The fraction of sp³-hybridized carbons (Fsp3) is 0.346. The molecule has 2 aromatic rings. The van der Waals surface area contributed by atoms with Gasteiger partial charge in [0.05, 0.1) is 26.0 Å². The van der Waals surface area contributed by atoms with Crippen molar-refractivity contribution in [2.24, 2.45) is 10.1 Å². The number of allylic oxidation sites excluding steroid dienone is 2. The number of carbonyl (C=O) groups excluding carboxylic acids is 1. The molecule has 2 aromatic carbocycles. The van der Waals surface area contributed by atoms with Crippen molar-refractivity contribution in [3.63, 3.8) is 0 Å². The minimum atomic E-state index is -0.255. The Kier molecular flexibility index (Phi) is 7.87. The van der Waals surface area contributed by atoms with Crippen molar-refractivity contribution in [3.05, 3.63) is 64.7 Å². The zero-order chi connectivity index (χ0) is 24.0. The first-order valence-electron chi connectivity index (χ1n) is 11.1. The number of ether oxygens (including phenoxy) is 2. The predicted octanol–water partition coefficient (Wildman–Crippen LogP) is 4.54. The minimum absolute atomic E-state index is 0.144. The van der Waals surface area contributed by atoms with Crippen LogP contribution in [0.1, 0.15) is 43.0 Å². The summed E-state index contributed by atoms with van der Waals surface area (Å²) >= 11 is 0. The number of amides is 2. The molecule has 1 aliphatic heterocycles. The lowest BCUT2D eigenvalue weighted by atomic mass is 9.92.